The fraction of sp³-hybridized carbons (Fsp3) is 0.562. The van der Waals surface area contributed by atoms with Gasteiger partial charge in [0.25, 0.3) is 0 Å². The third-order valence-corrected chi connectivity index (χ3v) is 4.29. The zero-order valence-corrected chi connectivity index (χ0v) is 11.3. The van der Waals surface area contributed by atoms with Gasteiger partial charge in [0.1, 0.15) is 11.6 Å². The number of benzene rings is 1. The van der Waals surface area contributed by atoms with E-state index < -0.39 is 0 Å². The molecule has 0 amide bonds. The third-order valence-electron chi connectivity index (χ3n) is 4.29. The summed E-state index contributed by atoms with van der Waals surface area (Å²) in [4.78, 5) is 12.4. The standard InChI is InChI=1S/C16H21FO/c1-12-10-14(17)7-6-13(12)11-15(18)16(2)8-4-3-5-9-16/h6-7,10H,3-5,8-9,11H2,1-2H3. The summed E-state index contributed by atoms with van der Waals surface area (Å²) in [6.45, 7) is 3.96. The van der Waals surface area contributed by atoms with Gasteiger partial charge in [-0.05, 0) is 43.0 Å². The number of carbonyl (C=O) groups is 1. The summed E-state index contributed by atoms with van der Waals surface area (Å²) in [5.74, 6) is 0.0875. The number of aryl methyl sites for hydroxylation is 1. The fourth-order valence-electron chi connectivity index (χ4n) is 2.85. The molecule has 1 aliphatic carbocycles. The lowest BCUT2D eigenvalue weighted by atomic mass is 9.71. The summed E-state index contributed by atoms with van der Waals surface area (Å²) < 4.78 is 13.0. The smallest absolute Gasteiger partial charge is 0.143 e. The second-order valence-corrected chi connectivity index (χ2v) is 5.79. The number of rotatable bonds is 3. The average Bonchev–Trinajstić information content (AvgIpc) is 2.33. The van der Waals surface area contributed by atoms with E-state index in [1.54, 1.807) is 6.07 Å². The maximum absolute atomic E-state index is 13.0. The summed E-state index contributed by atoms with van der Waals surface area (Å²) in [6, 6.07) is 4.69. The lowest BCUT2D eigenvalue weighted by molar-refractivity contribution is -0.128. The first-order valence-corrected chi connectivity index (χ1v) is 6.80. The van der Waals surface area contributed by atoms with E-state index in [-0.39, 0.29) is 11.2 Å². The molecule has 2 rings (SSSR count). The summed E-state index contributed by atoms with van der Waals surface area (Å²) >= 11 is 0. The molecule has 0 aromatic heterocycles. The highest BCUT2D eigenvalue weighted by Gasteiger charge is 2.33. The Morgan fingerprint density at radius 3 is 2.56 bits per heavy atom. The normalized spacial score (nSPS) is 18.6. The van der Waals surface area contributed by atoms with Crippen molar-refractivity contribution in [2.75, 3.05) is 0 Å². The predicted octanol–water partition coefficient (Wildman–Crippen LogP) is 4.22. The fourth-order valence-corrected chi connectivity index (χ4v) is 2.85. The van der Waals surface area contributed by atoms with Crippen LogP contribution in [0.4, 0.5) is 4.39 Å². The molecular weight excluding hydrogens is 227 g/mol. The predicted molar refractivity (Wildman–Crippen MR) is 71.0 cm³/mol. The van der Waals surface area contributed by atoms with Crippen LogP contribution in [0.3, 0.4) is 0 Å². The number of hydrogen-bond acceptors (Lipinski definition) is 1. The molecule has 0 radical (unpaired) electrons. The van der Waals surface area contributed by atoms with Gasteiger partial charge in [0, 0.05) is 11.8 Å². The Balaban J connectivity index is 2.11. The highest BCUT2D eigenvalue weighted by molar-refractivity contribution is 5.86. The molecule has 1 aliphatic rings. The molecule has 0 saturated heterocycles. The van der Waals surface area contributed by atoms with Gasteiger partial charge < -0.3 is 0 Å². The van der Waals surface area contributed by atoms with Crippen molar-refractivity contribution in [1.29, 1.82) is 0 Å². The average molecular weight is 248 g/mol. The molecule has 1 aromatic carbocycles. The van der Waals surface area contributed by atoms with Gasteiger partial charge in [0.2, 0.25) is 0 Å². The van der Waals surface area contributed by atoms with Crippen molar-refractivity contribution in [2.24, 2.45) is 5.41 Å². The van der Waals surface area contributed by atoms with Crippen molar-refractivity contribution in [1.82, 2.24) is 0 Å². The third kappa shape index (κ3) is 2.80. The van der Waals surface area contributed by atoms with E-state index >= 15 is 0 Å². The van der Waals surface area contributed by atoms with Gasteiger partial charge in [-0.2, -0.15) is 0 Å². The highest BCUT2D eigenvalue weighted by Crippen LogP contribution is 2.37. The Labute approximate surface area is 108 Å². The Morgan fingerprint density at radius 1 is 1.28 bits per heavy atom. The number of Topliss-reactive ketones (excluding diaryl/α,β-unsaturated/α-hetero) is 1. The molecule has 1 aromatic rings. The van der Waals surface area contributed by atoms with Crippen molar-refractivity contribution in [2.45, 2.75) is 52.4 Å². The maximum Gasteiger partial charge on any atom is 0.143 e. The first-order valence-electron chi connectivity index (χ1n) is 6.80. The van der Waals surface area contributed by atoms with Crippen LogP contribution < -0.4 is 0 Å². The van der Waals surface area contributed by atoms with Gasteiger partial charge >= 0.3 is 0 Å². The zero-order chi connectivity index (χ0) is 13.2. The van der Waals surface area contributed by atoms with Crippen LogP contribution in [0.25, 0.3) is 0 Å². The van der Waals surface area contributed by atoms with E-state index in [0.717, 1.165) is 36.8 Å². The molecule has 18 heavy (non-hydrogen) atoms. The summed E-state index contributed by atoms with van der Waals surface area (Å²) in [6.07, 6.45) is 6.02. The minimum atomic E-state index is -0.229. The number of carbonyl (C=O) groups excluding carboxylic acids is 1. The van der Waals surface area contributed by atoms with Gasteiger partial charge in [-0.3, -0.25) is 4.79 Å². The van der Waals surface area contributed by atoms with Gasteiger partial charge in [0.15, 0.2) is 0 Å². The second kappa shape index (κ2) is 5.21. The van der Waals surface area contributed by atoms with Crippen molar-refractivity contribution < 1.29 is 9.18 Å². The molecule has 1 nitrogen and oxygen atoms in total. The van der Waals surface area contributed by atoms with Crippen molar-refractivity contribution in [3.8, 4) is 0 Å². The Morgan fingerprint density at radius 2 is 1.94 bits per heavy atom. The van der Waals surface area contributed by atoms with Crippen LogP contribution in [0.1, 0.15) is 50.2 Å². The molecule has 98 valence electrons. The topological polar surface area (TPSA) is 17.1 Å². The summed E-state index contributed by atoms with van der Waals surface area (Å²) in [7, 11) is 0. The molecule has 0 atom stereocenters. The first kappa shape index (κ1) is 13.3. The number of ketones is 1. The zero-order valence-electron chi connectivity index (χ0n) is 11.3. The molecule has 0 spiro atoms. The molecule has 0 aliphatic heterocycles. The van der Waals surface area contributed by atoms with Crippen LogP contribution in [-0.2, 0) is 11.2 Å². The van der Waals surface area contributed by atoms with Gasteiger partial charge in [-0.25, -0.2) is 4.39 Å². The van der Waals surface area contributed by atoms with Crippen LogP contribution in [0.2, 0.25) is 0 Å². The van der Waals surface area contributed by atoms with E-state index in [9.17, 15) is 9.18 Å². The lowest BCUT2D eigenvalue weighted by Crippen LogP contribution is -2.31. The first-order chi connectivity index (χ1) is 8.51. The molecule has 0 bridgehead atoms. The largest absolute Gasteiger partial charge is 0.299 e. The quantitative estimate of drug-likeness (QED) is 0.783. The molecule has 2 heteroatoms. The van der Waals surface area contributed by atoms with Crippen LogP contribution in [0.15, 0.2) is 18.2 Å². The van der Waals surface area contributed by atoms with Gasteiger partial charge in [-0.15, -0.1) is 0 Å². The Hall–Kier alpha value is -1.18. The van der Waals surface area contributed by atoms with E-state index in [2.05, 4.69) is 6.92 Å². The molecule has 1 saturated carbocycles. The Kier molecular flexibility index (Phi) is 3.84. The van der Waals surface area contributed by atoms with Gasteiger partial charge in [-0.1, -0.05) is 32.3 Å². The van der Waals surface area contributed by atoms with Crippen molar-refractivity contribution in [3.63, 3.8) is 0 Å². The maximum atomic E-state index is 13.0. The molecular formula is C16H21FO. The number of halogens is 1. The van der Waals surface area contributed by atoms with E-state index in [1.807, 2.05) is 6.92 Å². The minimum Gasteiger partial charge on any atom is -0.299 e. The van der Waals surface area contributed by atoms with Crippen LogP contribution >= 0.6 is 0 Å². The number of hydrogen-bond donors (Lipinski definition) is 0. The summed E-state index contributed by atoms with van der Waals surface area (Å²) in [5.41, 5.74) is 1.69. The molecule has 0 heterocycles. The minimum absolute atomic E-state index is 0.154. The van der Waals surface area contributed by atoms with Crippen LogP contribution in [0, 0.1) is 18.2 Å². The van der Waals surface area contributed by atoms with Crippen LogP contribution in [-0.4, -0.2) is 5.78 Å². The Bertz CT molecular complexity index is 444. The van der Waals surface area contributed by atoms with E-state index in [0.29, 0.717) is 12.2 Å². The van der Waals surface area contributed by atoms with Crippen LogP contribution in [0.5, 0.6) is 0 Å². The lowest BCUT2D eigenvalue weighted by Gasteiger charge is -2.32. The van der Waals surface area contributed by atoms with E-state index in [1.165, 1.54) is 18.6 Å². The molecule has 0 N–H and O–H groups in total. The SMILES string of the molecule is Cc1cc(F)ccc1CC(=O)C1(C)CCCCC1. The van der Waals surface area contributed by atoms with Gasteiger partial charge in [0.05, 0.1) is 0 Å². The highest BCUT2D eigenvalue weighted by atomic mass is 19.1. The van der Waals surface area contributed by atoms with E-state index in [4.69, 9.17) is 0 Å². The monoisotopic (exact) mass is 248 g/mol. The molecule has 1 fully saturated rings. The van der Waals surface area contributed by atoms with Crippen molar-refractivity contribution >= 4 is 5.78 Å². The second-order valence-electron chi connectivity index (χ2n) is 5.79. The summed E-state index contributed by atoms with van der Waals surface area (Å²) in [5, 5.41) is 0. The van der Waals surface area contributed by atoms with Crippen molar-refractivity contribution in [3.05, 3.63) is 35.1 Å². The molecule has 0 unspecified atom stereocenters.